The Morgan fingerprint density at radius 1 is 0.950 bits per heavy atom. The van der Waals surface area contributed by atoms with Crippen LogP contribution in [-0.2, 0) is 17.8 Å². The van der Waals surface area contributed by atoms with Crippen LogP contribution in [0.1, 0.15) is 57.8 Å². The Hall–Kier alpha value is -6.13. The quantitative estimate of drug-likeness (QED) is 0.180. The van der Waals surface area contributed by atoms with Crippen LogP contribution >= 0.6 is 11.6 Å². The van der Waals surface area contributed by atoms with Gasteiger partial charge in [-0.2, -0.15) is 0 Å². The molecular formula is C43H43ClFN11O4. The van der Waals surface area contributed by atoms with E-state index in [1.165, 1.54) is 21.2 Å². The lowest BCUT2D eigenvalue weighted by atomic mass is 9.72. The molecule has 5 amide bonds. The van der Waals surface area contributed by atoms with Crippen LogP contribution in [0, 0.1) is 5.41 Å². The minimum atomic E-state index is -1.01. The molecule has 4 fully saturated rings. The van der Waals surface area contributed by atoms with E-state index in [0.717, 1.165) is 67.1 Å². The average molecular weight is 832 g/mol. The number of anilines is 4. The smallest absolute Gasteiger partial charge is 0.328 e. The van der Waals surface area contributed by atoms with Crippen molar-refractivity contribution >= 4 is 63.9 Å². The van der Waals surface area contributed by atoms with E-state index in [9.17, 15) is 23.6 Å². The lowest BCUT2D eigenvalue weighted by Gasteiger charge is -2.54. The third-order valence-corrected chi connectivity index (χ3v) is 12.9. The van der Waals surface area contributed by atoms with Gasteiger partial charge in [0.25, 0.3) is 11.8 Å². The van der Waals surface area contributed by atoms with Gasteiger partial charge in [-0.3, -0.25) is 34.5 Å². The number of likely N-dealkylation sites (tertiary alicyclic amines) is 2. The highest BCUT2D eigenvalue weighted by Gasteiger charge is 2.45. The number of alkyl halides is 1. The van der Waals surface area contributed by atoms with Crippen molar-refractivity contribution in [1.29, 1.82) is 0 Å². The average Bonchev–Trinajstić information content (AvgIpc) is 3.55. The van der Waals surface area contributed by atoms with Gasteiger partial charge in [0.1, 0.15) is 6.17 Å². The molecule has 10 rings (SSSR count). The van der Waals surface area contributed by atoms with Gasteiger partial charge in [-0.05, 0) is 66.1 Å². The molecule has 0 bridgehead atoms. The largest absolute Gasteiger partial charge is 0.385 e. The molecule has 1 aliphatic carbocycles. The van der Waals surface area contributed by atoms with Gasteiger partial charge in [-0.15, -0.1) is 5.10 Å². The fourth-order valence-electron chi connectivity index (χ4n) is 9.17. The van der Waals surface area contributed by atoms with Crippen LogP contribution < -0.4 is 25.8 Å². The number of pyridine rings is 1. The summed E-state index contributed by atoms with van der Waals surface area (Å²) in [6, 6.07) is 16.4. The minimum absolute atomic E-state index is 0.0908. The second-order valence-corrected chi connectivity index (χ2v) is 16.9. The summed E-state index contributed by atoms with van der Waals surface area (Å²) < 4.78 is 15.1. The molecule has 3 N–H and O–H groups in total. The van der Waals surface area contributed by atoms with E-state index < -0.39 is 24.2 Å². The maximum Gasteiger partial charge on any atom is 0.328 e. The van der Waals surface area contributed by atoms with Crippen molar-refractivity contribution in [3.05, 3.63) is 94.5 Å². The lowest BCUT2D eigenvalue weighted by Crippen LogP contribution is -2.60. The molecule has 308 valence electrons. The fourth-order valence-corrected chi connectivity index (χ4v) is 9.39. The van der Waals surface area contributed by atoms with Gasteiger partial charge in [-0.1, -0.05) is 29.8 Å². The van der Waals surface area contributed by atoms with Gasteiger partial charge >= 0.3 is 6.03 Å². The molecule has 7 heterocycles. The monoisotopic (exact) mass is 831 g/mol. The molecule has 15 nitrogen and oxygen atoms in total. The molecule has 1 spiro atoms. The van der Waals surface area contributed by atoms with Crippen molar-refractivity contribution in [2.75, 3.05) is 61.4 Å². The number of imide groups is 1. The van der Waals surface area contributed by atoms with Crippen LogP contribution in [-0.4, -0.2) is 112 Å². The molecule has 0 unspecified atom stereocenters. The topological polar surface area (TPSA) is 160 Å². The normalized spacial score (nSPS) is 20.9. The van der Waals surface area contributed by atoms with Crippen LogP contribution in [0.15, 0.2) is 67.0 Å². The first-order valence-corrected chi connectivity index (χ1v) is 20.7. The summed E-state index contributed by atoms with van der Waals surface area (Å²) in [5.41, 5.74) is 7.95. The van der Waals surface area contributed by atoms with Crippen molar-refractivity contribution in [2.45, 2.75) is 50.9 Å². The number of rotatable bonds is 9. The number of carbonyl (C=O) groups excluding carboxylic acids is 4. The van der Waals surface area contributed by atoms with E-state index in [1.54, 1.807) is 25.2 Å². The number of halogens is 2. The SMILES string of the molecule is CNc1cc(N2CCc3c(-c4ccc(CN5CC6(CCN(C(=O)c7ccc(Cl)c(N8CCC(=O)NC8=O)c7)CC6)C5)nc4)cccc32)nn2c(C(=O)N[C@@H]3C[C@@H]3F)cnc12. The van der Waals surface area contributed by atoms with Gasteiger partial charge in [0.2, 0.25) is 5.91 Å². The third kappa shape index (κ3) is 6.86. The number of fused-ring (bicyclic) bond motifs is 2. The Labute approximate surface area is 349 Å². The fraction of sp³-hybridized carbons (Fsp3) is 0.372. The molecule has 2 atom stereocenters. The standard InChI is InChI=1S/C43H43ClFN11O4/c1-46-33-19-37(51-56-36(21-48-39(33)56)40(58)49-32-18-31(32)45)54-13-9-29-28(3-2-4-34(29)54)26-5-7-27(47-20-26)22-52-23-43(24-52)11-15-53(16-12-43)41(59)25-6-8-30(44)35(17-25)55-14-10-38(57)50-42(55)60/h2-8,17,19-21,31-32,46H,9-16,18,22-24H2,1H3,(H,49,58)(H,50,57,60)/t31-,32+/m0/s1. The van der Waals surface area contributed by atoms with Crippen LogP contribution in [0.4, 0.5) is 32.1 Å². The van der Waals surface area contributed by atoms with Crippen molar-refractivity contribution < 1.29 is 23.6 Å². The van der Waals surface area contributed by atoms with Crippen LogP contribution in [0.2, 0.25) is 5.02 Å². The summed E-state index contributed by atoms with van der Waals surface area (Å²) in [6.07, 6.45) is 5.54. The summed E-state index contributed by atoms with van der Waals surface area (Å²) >= 11 is 6.42. The van der Waals surface area contributed by atoms with Gasteiger partial charge < -0.3 is 20.4 Å². The molecule has 3 saturated heterocycles. The number of imidazole rings is 1. The number of nitrogens with one attached hydrogen (secondary N) is 3. The first kappa shape index (κ1) is 38.1. The zero-order valence-corrected chi connectivity index (χ0v) is 33.7. The molecule has 4 aliphatic heterocycles. The number of aromatic nitrogens is 4. The first-order chi connectivity index (χ1) is 29.1. The number of amides is 5. The Morgan fingerprint density at radius 3 is 2.48 bits per heavy atom. The van der Waals surface area contributed by atoms with E-state index in [4.69, 9.17) is 21.7 Å². The number of piperidine rings is 1. The molecule has 3 aromatic heterocycles. The predicted molar refractivity (Wildman–Crippen MR) is 223 cm³/mol. The number of benzene rings is 2. The summed E-state index contributed by atoms with van der Waals surface area (Å²) in [4.78, 5) is 67.8. The van der Waals surface area contributed by atoms with Crippen LogP contribution in [0.25, 0.3) is 16.8 Å². The number of nitrogens with zero attached hydrogens (tertiary/aromatic N) is 8. The molecular weight excluding hydrogens is 789 g/mol. The minimum Gasteiger partial charge on any atom is -0.385 e. The molecule has 5 aromatic rings. The Bertz CT molecular complexity index is 2570. The van der Waals surface area contributed by atoms with Crippen molar-refractivity contribution in [1.82, 2.24) is 40.0 Å². The summed E-state index contributed by atoms with van der Waals surface area (Å²) in [5, 5.41) is 13.4. The van der Waals surface area contributed by atoms with Crippen molar-refractivity contribution in [3.63, 3.8) is 0 Å². The number of carbonyl (C=O) groups is 4. The molecule has 1 saturated carbocycles. The van der Waals surface area contributed by atoms with Crippen molar-refractivity contribution in [2.24, 2.45) is 5.41 Å². The highest BCUT2D eigenvalue weighted by molar-refractivity contribution is 6.34. The summed E-state index contributed by atoms with van der Waals surface area (Å²) in [6.45, 7) is 4.87. The molecule has 0 radical (unpaired) electrons. The first-order valence-electron chi connectivity index (χ1n) is 20.4. The maximum absolute atomic E-state index is 13.6. The van der Waals surface area contributed by atoms with Gasteiger partial charge in [-0.25, -0.2) is 18.7 Å². The lowest BCUT2D eigenvalue weighted by molar-refractivity contribution is -0.120. The van der Waals surface area contributed by atoms with Crippen molar-refractivity contribution in [3.8, 4) is 11.1 Å². The zero-order valence-electron chi connectivity index (χ0n) is 33.0. The summed E-state index contributed by atoms with van der Waals surface area (Å²) in [5.74, 6) is -0.152. The second kappa shape index (κ2) is 14.9. The summed E-state index contributed by atoms with van der Waals surface area (Å²) in [7, 11) is 1.80. The van der Waals surface area contributed by atoms with E-state index in [0.29, 0.717) is 53.8 Å². The molecule has 5 aliphatic rings. The number of urea groups is 1. The van der Waals surface area contributed by atoms with E-state index in [2.05, 4.69) is 55.0 Å². The number of hydrogen-bond acceptors (Lipinski definition) is 10. The van der Waals surface area contributed by atoms with Gasteiger partial charge in [0.15, 0.2) is 17.2 Å². The van der Waals surface area contributed by atoms with Gasteiger partial charge in [0.05, 0.1) is 34.3 Å². The Morgan fingerprint density at radius 2 is 1.75 bits per heavy atom. The predicted octanol–water partition coefficient (Wildman–Crippen LogP) is 5.21. The Kier molecular flexibility index (Phi) is 9.43. The third-order valence-electron chi connectivity index (χ3n) is 12.6. The van der Waals surface area contributed by atoms with E-state index in [-0.39, 0.29) is 35.9 Å². The molecule has 2 aromatic carbocycles. The highest BCUT2D eigenvalue weighted by Crippen LogP contribution is 2.43. The van der Waals surface area contributed by atoms with Crippen LogP contribution in [0.5, 0.6) is 0 Å². The zero-order chi connectivity index (χ0) is 41.3. The highest BCUT2D eigenvalue weighted by atomic mass is 35.5. The van der Waals surface area contributed by atoms with E-state index in [1.807, 2.05) is 23.2 Å². The maximum atomic E-state index is 13.6. The Balaban J connectivity index is 0.767. The molecule has 60 heavy (non-hydrogen) atoms. The number of hydrogen-bond donors (Lipinski definition) is 3. The van der Waals surface area contributed by atoms with Gasteiger partial charge in [0, 0.05) is 94.8 Å². The van der Waals surface area contributed by atoms with Crippen LogP contribution in [0.3, 0.4) is 0 Å². The van der Waals surface area contributed by atoms with E-state index >= 15 is 0 Å². The second-order valence-electron chi connectivity index (χ2n) is 16.5. The molecule has 17 heteroatoms.